The Labute approximate surface area is 160 Å². The summed E-state index contributed by atoms with van der Waals surface area (Å²) in [4.78, 5) is 21.6. The van der Waals surface area contributed by atoms with Gasteiger partial charge in [-0.25, -0.2) is 18.7 Å². The fourth-order valence-corrected chi connectivity index (χ4v) is 3.74. The van der Waals surface area contributed by atoms with E-state index in [4.69, 9.17) is 0 Å². The van der Waals surface area contributed by atoms with Crippen LogP contribution in [-0.4, -0.2) is 44.1 Å². The second kappa shape index (κ2) is 7.46. The van der Waals surface area contributed by atoms with Gasteiger partial charge in [-0.15, -0.1) is 0 Å². The Morgan fingerprint density at radius 2 is 1.86 bits per heavy atom. The van der Waals surface area contributed by atoms with Crippen LogP contribution in [0.1, 0.15) is 31.4 Å². The molecule has 8 heteroatoms. The molecule has 1 amide bonds. The predicted octanol–water partition coefficient (Wildman–Crippen LogP) is 3.54. The monoisotopic (exact) mass is 383 g/mol. The van der Waals surface area contributed by atoms with Crippen molar-refractivity contribution < 1.29 is 13.6 Å². The average Bonchev–Trinajstić information content (AvgIpc) is 3.13. The van der Waals surface area contributed by atoms with Crippen LogP contribution in [0.4, 0.5) is 8.78 Å². The summed E-state index contributed by atoms with van der Waals surface area (Å²) in [5.41, 5.74) is 1.91. The molecule has 1 aliphatic heterocycles. The lowest BCUT2D eigenvalue weighted by Crippen LogP contribution is -2.36. The molecule has 1 saturated heterocycles. The summed E-state index contributed by atoms with van der Waals surface area (Å²) in [7, 11) is 0. The molecule has 0 spiro atoms. The maximum absolute atomic E-state index is 14.5. The lowest BCUT2D eigenvalue weighted by molar-refractivity contribution is -0.129. The molecule has 0 unspecified atom stereocenters. The summed E-state index contributed by atoms with van der Waals surface area (Å²) in [5, 5.41) is 7.26. The molecule has 144 valence electrons. The van der Waals surface area contributed by atoms with Gasteiger partial charge in [-0.05, 0) is 31.0 Å². The molecular formula is C20H19F2N5O. The van der Waals surface area contributed by atoms with Gasteiger partial charge in [-0.2, -0.15) is 5.10 Å². The van der Waals surface area contributed by atoms with Crippen LogP contribution >= 0.6 is 0 Å². The van der Waals surface area contributed by atoms with Gasteiger partial charge in [0.15, 0.2) is 0 Å². The fraction of sp³-hybridized carbons (Fsp3) is 0.300. The van der Waals surface area contributed by atoms with Crippen molar-refractivity contribution in [1.29, 1.82) is 0 Å². The maximum atomic E-state index is 14.5. The largest absolute Gasteiger partial charge is 0.343 e. The third kappa shape index (κ3) is 3.26. The smallest absolute Gasteiger partial charge is 0.219 e. The van der Waals surface area contributed by atoms with Crippen molar-refractivity contribution in [2.24, 2.45) is 0 Å². The normalized spacial score (nSPS) is 15.0. The van der Waals surface area contributed by atoms with Crippen LogP contribution in [0.5, 0.6) is 0 Å². The molecule has 0 radical (unpaired) electrons. The van der Waals surface area contributed by atoms with E-state index in [1.165, 1.54) is 24.5 Å². The van der Waals surface area contributed by atoms with Gasteiger partial charge in [0, 0.05) is 43.4 Å². The Bertz CT molecular complexity index is 977. The van der Waals surface area contributed by atoms with Crippen LogP contribution in [0.25, 0.3) is 22.5 Å². The van der Waals surface area contributed by atoms with Gasteiger partial charge in [-0.3, -0.25) is 9.89 Å². The molecule has 3 heterocycles. The van der Waals surface area contributed by atoms with Gasteiger partial charge in [0.1, 0.15) is 23.7 Å². The van der Waals surface area contributed by atoms with E-state index in [0.29, 0.717) is 24.3 Å². The molecule has 4 rings (SSSR count). The lowest BCUT2D eigenvalue weighted by Gasteiger charge is -2.31. The Morgan fingerprint density at radius 1 is 1.14 bits per heavy atom. The van der Waals surface area contributed by atoms with E-state index < -0.39 is 11.6 Å². The Kier molecular flexibility index (Phi) is 4.85. The van der Waals surface area contributed by atoms with E-state index in [2.05, 4.69) is 20.2 Å². The number of hydrogen-bond donors (Lipinski definition) is 1. The van der Waals surface area contributed by atoms with Crippen molar-refractivity contribution in [3.8, 4) is 22.5 Å². The Hall–Kier alpha value is -3.16. The van der Waals surface area contributed by atoms with Crippen molar-refractivity contribution >= 4 is 5.91 Å². The molecule has 0 bridgehead atoms. The van der Waals surface area contributed by atoms with Crippen molar-refractivity contribution in [1.82, 2.24) is 25.1 Å². The third-order valence-corrected chi connectivity index (χ3v) is 5.18. The highest BCUT2D eigenvalue weighted by atomic mass is 19.1. The molecular weight excluding hydrogens is 364 g/mol. The average molecular weight is 383 g/mol. The Balaban J connectivity index is 1.81. The number of hydrogen-bond acceptors (Lipinski definition) is 4. The van der Waals surface area contributed by atoms with Crippen LogP contribution in [0.15, 0.2) is 36.8 Å². The van der Waals surface area contributed by atoms with Crippen molar-refractivity contribution in [2.45, 2.75) is 25.7 Å². The van der Waals surface area contributed by atoms with Crippen molar-refractivity contribution in [3.05, 3.63) is 54.1 Å². The number of benzene rings is 1. The quantitative estimate of drug-likeness (QED) is 0.751. The van der Waals surface area contributed by atoms with Gasteiger partial charge < -0.3 is 4.90 Å². The molecule has 1 N–H and O–H groups in total. The minimum Gasteiger partial charge on any atom is -0.343 e. The topological polar surface area (TPSA) is 74.8 Å². The van der Waals surface area contributed by atoms with E-state index >= 15 is 0 Å². The van der Waals surface area contributed by atoms with Gasteiger partial charge in [-0.1, -0.05) is 6.07 Å². The predicted molar refractivity (Wildman–Crippen MR) is 99.2 cm³/mol. The molecule has 1 fully saturated rings. The summed E-state index contributed by atoms with van der Waals surface area (Å²) in [6.45, 7) is 2.82. The van der Waals surface area contributed by atoms with E-state index in [9.17, 15) is 13.6 Å². The van der Waals surface area contributed by atoms with Crippen LogP contribution in [0, 0.1) is 11.6 Å². The third-order valence-electron chi connectivity index (χ3n) is 5.18. The summed E-state index contributed by atoms with van der Waals surface area (Å²) in [5.74, 6) is -1.23. The molecule has 28 heavy (non-hydrogen) atoms. The summed E-state index contributed by atoms with van der Waals surface area (Å²) >= 11 is 0. The molecule has 0 saturated carbocycles. The minimum atomic E-state index is -0.681. The lowest BCUT2D eigenvalue weighted by atomic mass is 9.88. The van der Waals surface area contributed by atoms with E-state index in [-0.39, 0.29) is 23.1 Å². The van der Waals surface area contributed by atoms with Crippen LogP contribution in [0.3, 0.4) is 0 Å². The number of halogens is 2. The number of rotatable bonds is 3. The van der Waals surface area contributed by atoms with Gasteiger partial charge in [0.25, 0.3) is 0 Å². The fourth-order valence-electron chi connectivity index (χ4n) is 3.74. The SMILES string of the molecule is CC(=O)N1CCC(c2[nH]nc(-c3c(F)cccc3F)c2-c2ccncn2)CC1. The number of nitrogens with zero attached hydrogens (tertiary/aromatic N) is 4. The van der Waals surface area contributed by atoms with Gasteiger partial charge in [0.05, 0.1) is 11.3 Å². The number of piperidine rings is 1. The van der Waals surface area contributed by atoms with Crippen molar-refractivity contribution in [2.75, 3.05) is 13.1 Å². The van der Waals surface area contributed by atoms with E-state index in [0.717, 1.165) is 18.5 Å². The number of aromatic nitrogens is 4. The molecule has 1 aromatic carbocycles. The maximum Gasteiger partial charge on any atom is 0.219 e. The molecule has 6 nitrogen and oxygen atoms in total. The minimum absolute atomic E-state index is 0.0493. The first-order valence-corrected chi connectivity index (χ1v) is 9.10. The molecule has 1 aliphatic rings. The second-order valence-corrected chi connectivity index (χ2v) is 6.83. The first-order valence-electron chi connectivity index (χ1n) is 9.10. The number of carbonyl (C=O) groups is 1. The highest BCUT2D eigenvalue weighted by molar-refractivity contribution is 5.81. The van der Waals surface area contributed by atoms with E-state index in [1.54, 1.807) is 24.1 Å². The summed E-state index contributed by atoms with van der Waals surface area (Å²) in [6, 6.07) is 5.44. The second-order valence-electron chi connectivity index (χ2n) is 6.83. The van der Waals surface area contributed by atoms with Crippen LogP contribution in [-0.2, 0) is 4.79 Å². The standard InChI is InChI=1S/C20H19F2N5O/c1-12(28)27-9-6-13(7-10-27)19-18(16-5-8-23-11-24-16)20(26-25-19)17-14(21)3-2-4-15(17)22/h2-5,8,11,13H,6-7,9-10H2,1H3,(H,25,26). The number of amides is 1. The van der Waals surface area contributed by atoms with Crippen LogP contribution < -0.4 is 0 Å². The van der Waals surface area contributed by atoms with Gasteiger partial charge in [0.2, 0.25) is 5.91 Å². The summed E-state index contributed by atoms with van der Waals surface area (Å²) < 4.78 is 28.9. The molecule has 0 atom stereocenters. The number of likely N-dealkylation sites (tertiary alicyclic amines) is 1. The zero-order valence-corrected chi connectivity index (χ0v) is 15.3. The zero-order valence-electron chi connectivity index (χ0n) is 15.3. The number of H-pyrrole nitrogens is 1. The summed E-state index contributed by atoms with van der Waals surface area (Å²) in [6.07, 6.45) is 4.45. The van der Waals surface area contributed by atoms with Gasteiger partial charge >= 0.3 is 0 Å². The first kappa shape index (κ1) is 18.2. The van der Waals surface area contributed by atoms with E-state index in [1.807, 2.05) is 0 Å². The highest BCUT2D eigenvalue weighted by Gasteiger charge is 2.29. The van der Waals surface area contributed by atoms with Crippen molar-refractivity contribution in [3.63, 3.8) is 0 Å². The number of carbonyl (C=O) groups excluding carboxylic acids is 1. The van der Waals surface area contributed by atoms with Crippen LogP contribution in [0.2, 0.25) is 0 Å². The molecule has 2 aromatic heterocycles. The highest BCUT2D eigenvalue weighted by Crippen LogP contribution is 2.40. The number of aromatic amines is 1. The first-order chi connectivity index (χ1) is 13.6. The number of nitrogens with one attached hydrogen (secondary N) is 1. The zero-order chi connectivity index (χ0) is 19.7. The molecule has 3 aromatic rings. The Morgan fingerprint density at radius 3 is 2.46 bits per heavy atom. The molecule has 0 aliphatic carbocycles.